The Labute approximate surface area is 134 Å². The van der Waals surface area contributed by atoms with Crippen LogP contribution in [0.4, 0.5) is 5.69 Å². The van der Waals surface area contributed by atoms with Crippen molar-refractivity contribution in [2.45, 2.75) is 44.8 Å². The molecule has 2 aromatic rings. The van der Waals surface area contributed by atoms with Gasteiger partial charge in [-0.2, -0.15) is 0 Å². The maximum absolute atomic E-state index is 9.23. The molecule has 1 aliphatic rings. The summed E-state index contributed by atoms with van der Waals surface area (Å²) in [6.07, 6.45) is 5.23. The Hall–Kier alpha value is -1.10. The van der Waals surface area contributed by atoms with Gasteiger partial charge in [-0.1, -0.05) is 36.6 Å². The molecule has 1 aliphatic carbocycles. The van der Waals surface area contributed by atoms with E-state index in [0.29, 0.717) is 17.5 Å². The third kappa shape index (κ3) is 3.39. The third-order valence-corrected chi connectivity index (χ3v) is 5.49. The van der Waals surface area contributed by atoms with Gasteiger partial charge < -0.3 is 10.4 Å². The van der Waals surface area contributed by atoms with Gasteiger partial charge in [0.05, 0.1) is 34.6 Å². The molecule has 1 aromatic carbocycles. The standard InChI is InChI=1S/C16H19ClN2OS/c17-15-12(9-20)6-3-7-14(15)18-8-13-10-21-16(19-13)11-4-1-2-5-11/h3,6-7,10-11,18,20H,1-2,4-5,8-9H2. The molecule has 1 aromatic heterocycles. The number of aliphatic hydroxyl groups excluding tert-OH is 1. The highest BCUT2D eigenvalue weighted by atomic mass is 35.5. The largest absolute Gasteiger partial charge is 0.392 e. The summed E-state index contributed by atoms with van der Waals surface area (Å²) < 4.78 is 0. The Morgan fingerprint density at radius 2 is 2.14 bits per heavy atom. The van der Waals surface area contributed by atoms with Crippen LogP contribution in [0.3, 0.4) is 0 Å². The van der Waals surface area contributed by atoms with E-state index in [4.69, 9.17) is 16.6 Å². The van der Waals surface area contributed by atoms with Crippen molar-refractivity contribution < 1.29 is 5.11 Å². The van der Waals surface area contributed by atoms with E-state index in [1.165, 1.54) is 30.7 Å². The van der Waals surface area contributed by atoms with Crippen LogP contribution < -0.4 is 5.32 Å². The highest BCUT2D eigenvalue weighted by Crippen LogP contribution is 2.35. The van der Waals surface area contributed by atoms with Crippen LogP contribution in [0.15, 0.2) is 23.6 Å². The molecule has 0 atom stereocenters. The number of aromatic nitrogens is 1. The maximum Gasteiger partial charge on any atom is 0.0960 e. The van der Waals surface area contributed by atoms with Crippen LogP contribution >= 0.6 is 22.9 Å². The van der Waals surface area contributed by atoms with Crippen molar-refractivity contribution in [2.75, 3.05) is 5.32 Å². The summed E-state index contributed by atoms with van der Waals surface area (Å²) in [7, 11) is 0. The van der Waals surface area contributed by atoms with Crippen molar-refractivity contribution in [3.05, 3.63) is 44.9 Å². The van der Waals surface area contributed by atoms with Gasteiger partial charge in [0.1, 0.15) is 0 Å². The van der Waals surface area contributed by atoms with Crippen LogP contribution in [0, 0.1) is 0 Å². The van der Waals surface area contributed by atoms with E-state index in [1.54, 1.807) is 11.3 Å². The molecule has 3 nitrogen and oxygen atoms in total. The summed E-state index contributed by atoms with van der Waals surface area (Å²) >= 11 is 8.01. The van der Waals surface area contributed by atoms with Gasteiger partial charge in [0.25, 0.3) is 0 Å². The molecule has 1 heterocycles. The quantitative estimate of drug-likeness (QED) is 0.848. The first-order chi connectivity index (χ1) is 10.3. The Morgan fingerprint density at radius 1 is 1.33 bits per heavy atom. The monoisotopic (exact) mass is 322 g/mol. The van der Waals surface area contributed by atoms with E-state index < -0.39 is 0 Å². The number of anilines is 1. The highest BCUT2D eigenvalue weighted by molar-refractivity contribution is 7.09. The highest BCUT2D eigenvalue weighted by Gasteiger charge is 2.20. The average Bonchev–Trinajstić information content (AvgIpc) is 3.17. The molecule has 3 rings (SSSR count). The van der Waals surface area contributed by atoms with Crippen molar-refractivity contribution >= 4 is 28.6 Å². The zero-order valence-electron chi connectivity index (χ0n) is 11.8. The molecule has 21 heavy (non-hydrogen) atoms. The molecule has 0 radical (unpaired) electrons. The van der Waals surface area contributed by atoms with Crippen molar-refractivity contribution in [1.29, 1.82) is 0 Å². The molecule has 0 aliphatic heterocycles. The van der Waals surface area contributed by atoms with Gasteiger partial charge in [0.15, 0.2) is 0 Å². The number of nitrogens with one attached hydrogen (secondary N) is 1. The van der Waals surface area contributed by atoms with Gasteiger partial charge in [-0.05, 0) is 24.5 Å². The van der Waals surface area contributed by atoms with E-state index in [1.807, 2.05) is 18.2 Å². The third-order valence-electron chi connectivity index (χ3n) is 3.98. The van der Waals surface area contributed by atoms with E-state index in [-0.39, 0.29) is 6.61 Å². The minimum absolute atomic E-state index is 0.0448. The number of thiazole rings is 1. The lowest BCUT2D eigenvalue weighted by Crippen LogP contribution is -2.02. The summed E-state index contributed by atoms with van der Waals surface area (Å²) in [5.74, 6) is 0.671. The van der Waals surface area contributed by atoms with Gasteiger partial charge in [0.2, 0.25) is 0 Å². The first-order valence-corrected chi connectivity index (χ1v) is 8.60. The van der Waals surface area contributed by atoms with Crippen molar-refractivity contribution in [3.8, 4) is 0 Å². The summed E-state index contributed by atoms with van der Waals surface area (Å²) in [6, 6.07) is 5.64. The van der Waals surface area contributed by atoms with Gasteiger partial charge in [-0.25, -0.2) is 4.98 Å². The lowest BCUT2D eigenvalue weighted by Gasteiger charge is -2.09. The molecular weight excluding hydrogens is 304 g/mol. The topological polar surface area (TPSA) is 45.1 Å². The molecule has 0 spiro atoms. The van der Waals surface area contributed by atoms with E-state index in [2.05, 4.69) is 10.7 Å². The van der Waals surface area contributed by atoms with Gasteiger partial charge in [0, 0.05) is 11.3 Å². The molecule has 1 fully saturated rings. The van der Waals surface area contributed by atoms with Crippen molar-refractivity contribution in [3.63, 3.8) is 0 Å². The van der Waals surface area contributed by atoms with Gasteiger partial charge in [-0.3, -0.25) is 0 Å². The zero-order chi connectivity index (χ0) is 14.7. The fraction of sp³-hybridized carbons (Fsp3) is 0.438. The van der Waals surface area contributed by atoms with E-state index in [9.17, 15) is 5.11 Å². The summed E-state index contributed by atoms with van der Waals surface area (Å²) in [5, 5.41) is 16.5. The molecule has 2 N–H and O–H groups in total. The number of hydrogen-bond acceptors (Lipinski definition) is 4. The van der Waals surface area contributed by atoms with E-state index in [0.717, 1.165) is 16.9 Å². The normalized spacial score (nSPS) is 15.5. The fourth-order valence-electron chi connectivity index (χ4n) is 2.79. The number of benzene rings is 1. The average molecular weight is 323 g/mol. The zero-order valence-corrected chi connectivity index (χ0v) is 13.4. The Bertz CT molecular complexity index is 608. The number of nitrogens with zero attached hydrogens (tertiary/aromatic N) is 1. The van der Waals surface area contributed by atoms with Crippen molar-refractivity contribution in [2.24, 2.45) is 0 Å². The number of rotatable bonds is 5. The predicted molar refractivity (Wildman–Crippen MR) is 88.0 cm³/mol. The SMILES string of the molecule is OCc1cccc(NCc2csc(C3CCCC3)n2)c1Cl. The summed E-state index contributed by atoms with van der Waals surface area (Å²) in [4.78, 5) is 4.74. The van der Waals surface area contributed by atoms with Crippen LogP contribution in [0.1, 0.15) is 47.9 Å². The molecule has 5 heteroatoms. The smallest absolute Gasteiger partial charge is 0.0960 e. The Balaban J connectivity index is 1.65. The first kappa shape index (κ1) is 14.8. The first-order valence-electron chi connectivity index (χ1n) is 7.34. The summed E-state index contributed by atoms with van der Waals surface area (Å²) in [5.41, 5.74) is 2.65. The molecule has 0 amide bonds. The Morgan fingerprint density at radius 3 is 2.90 bits per heavy atom. The minimum atomic E-state index is -0.0448. The van der Waals surface area contributed by atoms with Crippen molar-refractivity contribution in [1.82, 2.24) is 4.98 Å². The molecule has 0 bridgehead atoms. The second kappa shape index (κ2) is 6.77. The second-order valence-electron chi connectivity index (χ2n) is 5.45. The van der Waals surface area contributed by atoms with E-state index >= 15 is 0 Å². The molecule has 0 unspecified atom stereocenters. The molecular formula is C16H19ClN2OS. The summed E-state index contributed by atoms with van der Waals surface area (Å²) in [6.45, 7) is 0.620. The van der Waals surface area contributed by atoms with Crippen LogP contribution in [-0.2, 0) is 13.2 Å². The number of halogens is 1. The lowest BCUT2D eigenvalue weighted by molar-refractivity contribution is 0.282. The lowest BCUT2D eigenvalue weighted by atomic mass is 10.1. The number of aliphatic hydroxyl groups is 1. The molecule has 112 valence electrons. The van der Waals surface area contributed by atoms with Crippen LogP contribution in [0.5, 0.6) is 0 Å². The van der Waals surface area contributed by atoms with Gasteiger partial charge in [-0.15, -0.1) is 11.3 Å². The number of hydrogen-bond donors (Lipinski definition) is 2. The predicted octanol–water partition coefficient (Wildman–Crippen LogP) is 4.56. The van der Waals surface area contributed by atoms with Crippen LogP contribution in [-0.4, -0.2) is 10.1 Å². The molecule has 0 saturated heterocycles. The fourth-order valence-corrected chi connectivity index (χ4v) is 4.03. The maximum atomic E-state index is 9.23. The van der Waals surface area contributed by atoms with Crippen LogP contribution in [0.2, 0.25) is 5.02 Å². The second-order valence-corrected chi connectivity index (χ2v) is 6.72. The minimum Gasteiger partial charge on any atom is -0.392 e. The molecule has 1 saturated carbocycles. The Kier molecular flexibility index (Phi) is 4.78. The van der Waals surface area contributed by atoms with Crippen LogP contribution in [0.25, 0.3) is 0 Å². The van der Waals surface area contributed by atoms with Gasteiger partial charge >= 0.3 is 0 Å².